The highest BCUT2D eigenvalue weighted by molar-refractivity contribution is 5.22. The average molecular weight is 195 g/mol. The van der Waals surface area contributed by atoms with Gasteiger partial charge >= 0.3 is 0 Å². The lowest BCUT2D eigenvalue weighted by Gasteiger charge is -2.39. The molecule has 0 bridgehead atoms. The molecule has 0 spiro atoms. The fraction of sp³-hybridized carbons (Fsp3) is 0.778. The molecule has 0 saturated heterocycles. The molecule has 1 saturated carbocycles. The van der Waals surface area contributed by atoms with Crippen LogP contribution >= 0.6 is 0 Å². The number of hydrogen-bond acceptors (Lipinski definition) is 4. The van der Waals surface area contributed by atoms with Crippen LogP contribution in [0.5, 0.6) is 0 Å². The van der Waals surface area contributed by atoms with Crippen molar-refractivity contribution in [3.8, 4) is 0 Å². The molecule has 4 N–H and O–H groups in total. The average Bonchev–Trinajstić information content (AvgIpc) is 2.28. The normalized spacial score (nSPS) is 18.1. The first-order chi connectivity index (χ1) is 6.53. The fourth-order valence-corrected chi connectivity index (χ4v) is 2.06. The summed E-state index contributed by atoms with van der Waals surface area (Å²) in [5.74, 6) is 7.51. The molecule has 0 aliphatic heterocycles. The van der Waals surface area contributed by atoms with E-state index < -0.39 is 0 Å². The SMILES string of the molecule is CC(C)(c1nnc(N)n1N)C1CCC1. The molecule has 0 amide bonds. The molecule has 1 fully saturated rings. The van der Waals surface area contributed by atoms with Gasteiger partial charge < -0.3 is 11.6 Å². The van der Waals surface area contributed by atoms with Crippen molar-refractivity contribution in [3.63, 3.8) is 0 Å². The first-order valence-corrected chi connectivity index (χ1v) is 5.00. The molecule has 1 aliphatic rings. The number of anilines is 1. The minimum Gasteiger partial charge on any atom is -0.366 e. The van der Waals surface area contributed by atoms with Gasteiger partial charge in [-0.2, -0.15) is 0 Å². The third-order valence-corrected chi connectivity index (χ3v) is 3.42. The van der Waals surface area contributed by atoms with E-state index in [1.54, 1.807) is 0 Å². The molecule has 0 unspecified atom stereocenters. The van der Waals surface area contributed by atoms with Crippen molar-refractivity contribution in [2.45, 2.75) is 38.5 Å². The van der Waals surface area contributed by atoms with Crippen LogP contribution in [0.2, 0.25) is 0 Å². The molecule has 5 heteroatoms. The van der Waals surface area contributed by atoms with Gasteiger partial charge in [-0.05, 0) is 18.8 Å². The Morgan fingerprint density at radius 2 is 2.00 bits per heavy atom. The van der Waals surface area contributed by atoms with E-state index in [-0.39, 0.29) is 11.4 Å². The summed E-state index contributed by atoms with van der Waals surface area (Å²) in [5, 5.41) is 7.84. The molecular weight excluding hydrogens is 178 g/mol. The highest BCUT2D eigenvalue weighted by Crippen LogP contribution is 2.42. The zero-order chi connectivity index (χ0) is 10.3. The van der Waals surface area contributed by atoms with Gasteiger partial charge in [0.15, 0.2) is 5.82 Å². The topological polar surface area (TPSA) is 82.8 Å². The second-order valence-electron chi connectivity index (χ2n) is 4.60. The zero-order valence-corrected chi connectivity index (χ0v) is 8.70. The van der Waals surface area contributed by atoms with Crippen LogP contribution in [-0.2, 0) is 5.41 Å². The van der Waals surface area contributed by atoms with Gasteiger partial charge in [0.1, 0.15) is 0 Å². The largest absolute Gasteiger partial charge is 0.366 e. The third-order valence-electron chi connectivity index (χ3n) is 3.42. The number of hydrogen-bond donors (Lipinski definition) is 2. The van der Waals surface area contributed by atoms with Crippen molar-refractivity contribution in [1.82, 2.24) is 14.9 Å². The van der Waals surface area contributed by atoms with Gasteiger partial charge in [0.2, 0.25) is 5.95 Å². The quantitative estimate of drug-likeness (QED) is 0.679. The van der Waals surface area contributed by atoms with Crippen LogP contribution in [0.3, 0.4) is 0 Å². The molecule has 0 atom stereocenters. The molecule has 1 heterocycles. The summed E-state index contributed by atoms with van der Waals surface area (Å²) in [7, 11) is 0. The Hall–Kier alpha value is -1.26. The second-order valence-corrected chi connectivity index (χ2v) is 4.60. The van der Waals surface area contributed by atoms with Crippen molar-refractivity contribution in [3.05, 3.63) is 5.82 Å². The van der Waals surface area contributed by atoms with E-state index in [1.807, 2.05) is 0 Å². The Morgan fingerprint density at radius 1 is 1.36 bits per heavy atom. The third kappa shape index (κ3) is 1.15. The predicted molar refractivity (Wildman–Crippen MR) is 55.0 cm³/mol. The summed E-state index contributed by atoms with van der Waals surface area (Å²) in [5.41, 5.74) is 5.55. The van der Waals surface area contributed by atoms with Crippen LogP contribution < -0.4 is 11.6 Å². The first-order valence-electron chi connectivity index (χ1n) is 5.00. The van der Waals surface area contributed by atoms with E-state index in [1.165, 1.54) is 23.9 Å². The molecule has 1 aliphatic carbocycles. The Balaban J connectivity index is 2.32. The number of nitrogens with zero attached hydrogens (tertiary/aromatic N) is 3. The number of nitrogen functional groups attached to an aromatic ring is 2. The highest BCUT2D eigenvalue weighted by Gasteiger charge is 2.39. The van der Waals surface area contributed by atoms with Gasteiger partial charge in [0.05, 0.1) is 0 Å². The molecule has 78 valence electrons. The van der Waals surface area contributed by atoms with Crippen molar-refractivity contribution >= 4 is 5.95 Å². The molecular formula is C9H17N5. The van der Waals surface area contributed by atoms with Gasteiger partial charge in [-0.1, -0.05) is 20.3 Å². The summed E-state index contributed by atoms with van der Waals surface area (Å²) < 4.78 is 1.40. The summed E-state index contributed by atoms with van der Waals surface area (Å²) >= 11 is 0. The Labute approximate surface area is 83.5 Å². The van der Waals surface area contributed by atoms with Crippen LogP contribution in [0, 0.1) is 5.92 Å². The lowest BCUT2D eigenvalue weighted by atomic mass is 9.67. The minimum absolute atomic E-state index is 0.0162. The molecule has 0 aromatic carbocycles. The van der Waals surface area contributed by atoms with Crippen LogP contribution in [0.1, 0.15) is 38.9 Å². The van der Waals surface area contributed by atoms with Crippen LogP contribution in [0.15, 0.2) is 0 Å². The lowest BCUT2D eigenvalue weighted by Crippen LogP contribution is -2.37. The zero-order valence-electron chi connectivity index (χ0n) is 8.70. The van der Waals surface area contributed by atoms with E-state index in [2.05, 4.69) is 24.0 Å². The van der Waals surface area contributed by atoms with Crippen molar-refractivity contribution in [1.29, 1.82) is 0 Å². The van der Waals surface area contributed by atoms with Gasteiger partial charge in [-0.3, -0.25) is 0 Å². The second kappa shape index (κ2) is 2.87. The van der Waals surface area contributed by atoms with Crippen LogP contribution in [0.25, 0.3) is 0 Å². The van der Waals surface area contributed by atoms with Gasteiger partial charge in [-0.15, -0.1) is 10.2 Å². The maximum atomic E-state index is 5.77. The van der Waals surface area contributed by atoms with Crippen molar-refractivity contribution in [2.24, 2.45) is 5.92 Å². The van der Waals surface area contributed by atoms with Crippen molar-refractivity contribution in [2.75, 3.05) is 11.6 Å². The fourth-order valence-electron chi connectivity index (χ4n) is 2.06. The number of rotatable bonds is 2. The van der Waals surface area contributed by atoms with E-state index in [0.29, 0.717) is 5.92 Å². The van der Waals surface area contributed by atoms with Gasteiger partial charge in [0, 0.05) is 5.41 Å². The predicted octanol–water partition coefficient (Wildman–Crippen LogP) is 0.652. The number of aromatic nitrogens is 3. The molecule has 2 rings (SSSR count). The van der Waals surface area contributed by atoms with Crippen molar-refractivity contribution < 1.29 is 0 Å². The lowest BCUT2D eigenvalue weighted by molar-refractivity contribution is 0.183. The Morgan fingerprint density at radius 3 is 2.36 bits per heavy atom. The molecule has 14 heavy (non-hydrogen) atoms. The maximum absolute atomic E-state index is 5.77. The van der Waals surface area contributed by atoms with Crippen LogP contribution in [-0.4, -0.2) is 14.9 Å². The van der Waals surface area contributed by atoms with Crippen LogP contribution in [0.4, 0.5) is 5.95 Å². The van der Waals surface area contributed by atoms with Gasteiger partial charge in [0.25, 0.3) is 0 Å². The van der Waals surface area contributed by atoms with E-state index in [4.69, 9.17) is 11.6 Å². The monoisotopic (exact) mass is 195 g/mol. The van der Waals surface area contributed by atoms with E-state index >= 15 is 0 Å². The summed E-state index contributed by atoms with van der Waals surface area (Å²) in [6.45, 7) is 4.31. The summed E-state index contributed by atoms with van der Waals surface area (Å²) in [4.78, 5) is 0. The Kier molecular flexibility index (Phi) is 1.90. The molecule has 1 aromatic heterocycles. The first kappa shape index (κ1) is 9.30. The molecule has 0 radical (unpaired) electrons. The Bertz CT molecular complexity index is 337. The maximum Gasteiger partial charge on any atom is 0.240 e. The summed E-state index contributed by atoms with van der Waals surface area (Å²) in [6, 6.07) is 0. The standard InChI is InChI=1S/C9H17N5/c1-9(2,6-4-3-5-6)7-12-13-8(10)14(7)11/h6H,3-5,11H2,1-2H3,(H2,10,13). The summed E-state index contributed by atoms with van der Waals surface area (Å²) in [6.07, 6.45) is 3.81. The smallest absolute Gasteiger partial charge is 0.240 e. The molecule has 1 aromatic rings. The van der Waals surface area contributed by atoms with E-state index in [0.717, 1.165) is 5.82 Å². The number of nitrogens with two attached hydrogens (primary N) is 2. The minimum atomic E-state index is -0.0162. The van der Waals surface area contributed by atoms with Gasteiger partial charge in [-0.25, -0.2) is 4.68 Å². The van der Waals surface area contributed by atoms with E-state index in [9.17, 15) is 0 Å². The molecule has 5 nitrogen and oxygen atoms in total. The highest BCUT2D eigenvalue weighted by atomic mass is 15.4.